The highest BCUT2D eigenvalue weighted by molar-refractivity contribution is 5.79. The molecular weight excluding hydrogens is 361 g/mol. The fourth-order valence-corrected chi connectivity index (χ4v) is 4.36. The van der Waals surface area contributed by atoms with Gasteiger partial charge < -0.3 is 14.9 Å². The normalized spacial score (nSPS) is 24.3. The van der Waals surface area contributed by atoms with Crippen LogP contribution in [0.15, 0.2) is 24.3 Å². The van der Waals surface area contributed by atoms with E-state index >= 15 is 0 Å². The highest BCUT2D eigenvalue weighted by atomic mass is 19.1. The van der Waals surface area contributed by atoms with Gasteiger partial charge in [0.15, 0.2) is 0 Å². The Labute approximate surface area is 165 Å². The van der Waals surface area contributed by atoms with Crippen LogP contribution in [0.4, 0.5) is 4.39 Å². The molecule has 7 heteroatoms. The number of carbonyl (C=O) groups excluding carboxylic acids is 1. The third-order valence-electron chi connectivity index (χ3n) is 6.05. The van der Waals surface area contributed by atoms with Crippen LogP contribution in [0.25, 0.3) is 0 Å². The summed E-state index contributed by atoms with van der Waals surface area (Å²) in [5, 5.41) is 9.14. The van der Waals surface area contributed by atoms with E-state index in [4.69, 9.17) is 5.11 Å². The first-order valence-corrected chi connectivity index (χ1v) is 10.1. The van der Waals surface area contributed by atoms with E-state index < -0.39 is 5.97 Å². The zero-order valence-corrected chi connectivity index (χ0v) is 16.5. The molecule has 6 nitrogen and oxygen atoms in total. The first kappa shape index (κ1) is 20.7. The van der Waals surface area contributed by atoms with Crippen molar-refractivity contribution in [3.8, 4) is 0 Å². The summed E-state index contributed by atoms with van der Waals surface area (Å²) >= 11 is 0. The molecule has 0 spiro atoms. The lowest BCUT2D eigenvalue weighted by Crippen LogP contribution is -2.57. The molecule has 1 amide bonds. The fraction of sp³-hybridized carbons (Fsp3) is 0.619. The van der Waals surface area contributed by atoms with Crippen LogP contribution in [0.3, 0.4) is 0 Å². The van der Waals surface area contributed by atoms with E-state index in [1.165, 1.54) is 12.1 Å². The van der Waals surface area contributed by atoms with E-state index in [0.717, 1.165) is 38.2 Å². The largest absolute Gasteiger partial charge is 0.481 e. The van der Waals surface area contributed by atoms with Gasteiger partial charge in [-0.05, 0) is 43.5 Å². The van der Waals surface area contributed by atoms with E-state index in [-0.39, 0.29) is 30.5 Å². The van der Waals surface area contributed by atoms with Crippen LogP contribution in [-0.4, -0.2) is 84.0 Å². The SMILES string of the molecule is CN1CCN([C@@H]2CCN(C(=O)Cc3ccc(F)cc3)C[C@@H]2CCC(=O)O)CC1. The molecule has 1 aromatic carbocycles. The number of hydrogen-bond donors (Lipinski definition) is 1. The zero-order chi connectivity index (χ0) is 20.1. The molecule has 0 aromatic heterocycles. The van der Waals surface area contributed by atoms with Gasteiger partial charge in [0.1, 0.15) is 5.82 Å². The Morgan fingerprint density at radius 3 is 2.43 bits per heavy atom. The number of piperidine rings is 1. The minimum atomic E-state index is -0.785. The lowest BCUT2D eigenvalue weighted by Gasteiger charge is -2.46. The third-order valence-corrected chi connectivity index (χ3v) is 6.05. The van der Waals surface area contributed by atoms with Gasteiger partial charge in [-0.3, -0.25) is 14.5 Å². The third kappa shape index (κ3) is 5.52. The number of carbonyl (C=O) groups is 2. The molecule has 2 fully saturated rings. The Bertz CT molecular complexity index is 674. The molecule has 3 rings (SSSR count). The van der Waals surface area contributed by atoms with Crippen LogP contribution < -0.4 is 0 Å². The van der Waals surface area contributed by atoms with E-state index in [0.29, 0.717) is 25.6 Å². The number of carboxylic acid groups (broad SMARTS) is 1. The Hall–Kier alpha value is -1.99. The van der Waals surface area contributed by atoms with Crippen LogP contribution in [-0.2, 0) is 16.0 Å². The summed E-state index contributed by atoms with van der Waals surface area (Å²) in [6.07, 6.45) is 1.86. The van der Waals surface area contributed by atoms with E-state index in [2.05, 4.69) is 16.8 Å². The second kappa shape index (κ2) is 9.47. The molecule has 2 saturated heterocycles. The smallest absolute Gasteiger partial charge is 0.303 e. The summed E-state index contributed by atoms with van der Waals surface area (Å²) in [7, 11) is 2.12. The van der Waals surface area contributed by atoms with Gasteiger partial charge in [-0.25, -0.2) is 4.39 Å². The van der Waals surface area contributed by atoms with Gasteiger partial charge in [0.25, 0.3) is 0 Å². The minimum absolute atomic E-state index is 0.0313. The summed E-state index contributed by atoms with van der Waals surface area (Å²) in [5.74, 6) is -0.890. The molecule has 0 aliphatic carbocycles. The Kier molecular flexibility index (Phi) is 7.02. The van der Waals surface area contributed by atoms with Gasteiger partial charge in [-0.1, -0.05) is 12.1 Å². The van der Waals surface area contributed by atoms with Crippen molar-refractivity contribution < 1.29 is 19.1 Å². The van der Waals surface area contributed by atoms with Crippen molar-refractivity contribution >= 4 is 11.9 Å². The number of carboxylic acids is 1. The average Bonchev–Trinajstić information content (AvgIpc) is 2.68. The van der Waals surface area contributed by atoms with Crippen molar-refractivity contribution in [1.82, 2.24) is 14.7 Å². The number of aliphatic carboxylic acids is 1. The lowest BCUT2D eigenvalue weighted by atomic mass is 9.86. The summed E-state index contributed by atoms with van der Waals surface area (Å²) in [6, 6.07) is 6.37. The number of piperazine rings is 1. The molecule has 1 aromatic rings. The standard InChI is InChI=1S/C21H30FN3O3/c1-23-10-12-24(13-11-23)19-8-9-25(15-17(19)4-7-21(27)28)20(26)14-16-2-5-18(22)6-3-16/h2-3,5-6,17,19H,4,7-15H2,1H3,(H,27,28)/t17-,19+/m0/s1. The summed E-state index contributed by atoms with van der Waals surface area (Å²) < 4.78 is 13.1. The minimum Gasteiger partial charge on any atom is -0.481 e. The van der Waals surface area contributed by atoms with Gasteiger partial charge in [0, 0.05) is 51.7 Å². The van der Waals surface area contributed by atoms with Gasteiger partial charge in [-0.2, -0.15) is 0 Å². The molecule has 0 saturated carbocycles. The van der Waals surface area contributed by atoms with Crippen molar-refractivity contribution in [3.63, 3.8) is 0 Å². The molecule has 28 heavy (non-hydrogen) atoms. The second-order valence-electron chi connectivity index (χ2n) is 8.03. The number of rotatable bonds is 6. The van der Waals surface area contributed by atoms with Crippen molar-refractivity contribution in [1.29, 1.82) is 0 Å². The van der Waals surface area contributed by atoms with Crippen LogP contribution in [0, 0.1) is 11.7 Å². The zero-order valence-electron chi connectivity index (χ0n) is 16.5. The monoisotopic (exact) mass is 391 g/mol. The molecule has 0 bridgehead atoms. The highest BCUT2D eigenvalue weighted by Gasteiger charge is 2.35. The number of halogens is 1. The maximum absolute atomic E-state index is 13.1. The van der Waals surface area contributed by atoms with Crippen LogP contribution in [0.1, 0.15) is 24.8 Å². The van der Waals surface area contributed by atoms with Gasteiger partial charge in [-0.15, -0.1) is 0 Å². The van der Waals surface area contributed by atoms with Crippen molar-refractivity contribution in [3.05, 3.63) is 35.6 Å². The maximum atomic E-state index is 13.1. The predicted molar refractivity (Wildman–Crippen MR) is 105 cm³/mol. The highest BCUT2D eigenvalue weighted by Crippen LogP contribution is 2.27. The number of hydrogen-bond acceptors (Lipinski definition) is 4. The molecule has 1 N–H and O–H groups in total. The topological polar surface area (TPSA) is 64.1 Å². The number of benzene rings is 1. The predicted octanol–water partition coefficient (Wildman–Crippen LogP) is 1.70. The van der Waals surface area contributed by atoms with Crippen LogP contribution >= 0.6 is 0 Å². The van der Waals surface area contributed by atoms with Gasteiger partial charge in [0.05, 0.1) is 6.42 Å². The number of nitrogens with zero attached hydrogens (tertiary/aromatic N) is 3. The molecular formula is C21H30FN3O3. The number of amides is 1. The Morgan fingerprint density at radius 2 is 1.79 bits per heavy atom. The van der Waals surface area contributed by atoms with Gasteiger partial charge >= 0.3 is 5.97 Å². The van der Waals surface area contributed by atoms with Crippen molar-refractivity contribution in [2.45, 2.75) is 31.7 Å². The number of likely N-dealkylation sites (tertiary alicyclic amines) is 1. The molecule has 0 radical (unpaired) electrons. The van der Waals surface area contributed by atoms with Crippen LogP contribution in [0.5, 0.6) is 0 Å². The van der Waals surface area contributed by atoms with Crippen molar-refractivity contribution in [2.24, 2.45) is 5.92 Å². The van der Waals surface area contributed by atoms with E-state index in [1.807, 2.05) is 4.90 Å². The quantitative estimate of drug-likeness (QED) is 0.800. The summed E-state index contributed by atoms with van der Waals surface area (Å²) in [6.45, 7) is 5.33. The molecule has 154 valence electrons. The Balaban J connectivity index is 1.63. The molecule has 2 atom stereocenters. The fourth-order valence-electron chi connectivity index (χ4n) is 4.36. The summed E-state index contributed by atoms with van der Waals surface area (Å²) in [5.41, 5.74) is 0.801. The molecule has 2 heterocycles. The number of likely N-dealkylation sites (N-methyl/N-ethyl adjacent to an activating group) is 1. The Morgan fingerprint density at radius 1 is 1.11 bits per heavy atom. The first-order chi connectivity index (χ1) is 13.4. The average molecular weight is 391 g/mol. The van der Waals surface area contributed by atoms with E-state index in [9.17, 15) is 14.0 Å². The first-order valence-electron chi connectivity index (χ1n) is 10.1. The lowest BCUT2D eigenvalue weighted by molar-refractivity contribution is -0.137. The summed E-state index contributed by atoms with van der Waals surface area (Å²) in [4.78, 5) is 30.5. The van der Waals surface area contributed by atoms with Gasteiger partial charge in [0.2, 0.25) is 5.91 Å². The van der Waals surface area contributed by atoms with E-state index in [1.54, 1.807) is 12.1 Å². The molecule has 2 aliphatic rings. The second-order valence-corrected chi connectivity index (χ2v) is 8.03. The van der Waals surface area contributed by atoms with Crippen molar-refractivity contribution in [2.75, 3.05) is 46.3 Å². The maximum Gasteiger partial charge on any atom is 0.303 e. The molecule has 2 aliphatic heterocycles. The molecule has 0 unspecified atom stereocenters. The van der Waals surface area contributed by atoms with Crippen LogP contribution in [0.2, 0.25) is 0 Å².